The fourth-order valence-electron chi connectivity index (χ4n) is 5.45. The fourth-order valence-corrected chi connectivity index (χ4v) is 6.96. The Hall–Kier alpha value is -2.62. The topological polar surface area (TPSA) is 94.6 Å². The lowest BCUT2D eigenvalue weighted by atomic mass is 10.1. The SMILES string of the molecule is CO[C@H]1CCO[C@@H](Cn2c(=O)n(COCC[Si](C)(C)C)c3ncc(-c4cnc5c(ccn5COCC[Si](C)(C)C)c4)cc32)C1. The Labute approximate surface area is 262 Å². The molecule has 0 spiro atoms. The Bertz CT molecular complexity index is 1620. The number of ether oxygens (including phenoxy) is 4. The van der Waals surface area contributed by atoms with Gasteiger partial charge in [-0.2, -0.15) is 0 Å². The van der Waals surface area contributed by atoms with Gasteiger partial charge in [-0.15, -0.1) is 0 Å². The van der Waals surface area contributed by atoms with Gasteiger partial charge in [-0.05, 0) is 36.7 Å². The van der Waals surface area contributed by atoms with Crippen molar-refractivity contribution >= 4 is 38.3 Å². The van der Waals surface area contributed by atoms with Crippen molar-refractivity contribution in [2.24, 2.45) is 0 Å². The smallest absolute Gasteiger partial charge is 0.332 e. The van der Waals surface area contributed by atoms with Crippen molar-refractivity contribution < 1.29 is 18.9 Å². The van der Waals surface area contributed by atoms with Gasteiger partial charge in [0.15, 0.2) is 5.65 Å². The minimum Gasteiger partial charge on any atom is -0.381 e. The summed E-state index contributed by atoms with van der Waals surface area (Å²) in [5.41, 5.74) is 3.96. The van der Waals surface area contributed by atoms with Gasteiger partial charge in [0.2, 0.25) is 0 Å². The van der Waals surface area contributed by atoms with E-state index in [1.807, 2.05) is 29.2 Å². The number of aromatic nitrogens is 5. The predicted octanol–water partition coefficient (Wildman–Crippen LogP) is 6.03. The Morgan fingerprint density at radius 1 is 0.909 bits per heavy atom. The van der Waals surface area contributed by atoms with Gasteiger partial charge in [-0.1, -0.05) is 39.3 Å². The normalized spacial score (nSPS) is 18.1. The van der Waals surface area contributed by atoms with Crippen molar-refractivity contribution in [1.82, 2.24) is 23.7 Å². The van der Waals surface area contributed by atoms with E-state index in [2.05, 4.69) is 51.4 Å². The van der Waals surface area contributed by atoms with Crippen molar-refractivity contribution in [2.45, 2.75) is 96.4 Å². The zero-order valence-electron chi connectivity index (χ0n) is 27.5. The van der Waals surface area contributed by atoms with E-state index in [4.69, 9.17) is 28.9 Å². The quantitative estimate of drug-likeness (QED) is 0.123. The van der Waals surface area contributed by atoms with Crippen LogP contribution in [0.2, 0.25) is 51.4 Å². The van der Waals surface area contributed by atoms with Crippen LogP contribution in [-0.2, 0) is 39.0 Å². The summed E-state index contributed by atoms with van der Waals surface area (Å²) in [6, 6.07) is 8.40. The molecule has 0 radical (unpaired) electrons. The Kier molecular flexibility index (Phi) is 10.3. The minimum absolute atomic E-state index is 0.118. The van der Waals surface area contributed by atoms with Crippen LogP contribution in [-0.4, -0.2) is 79.0 Å². The maximum absolute atomic E-state index is 13.8. The van der Waals surface area contributed by atoms with Crippen LogP contribution in [0.1, 0.15) is 12.8 Å². The van der Waals surface area contributed by atoms with Gasteiger partial charge in [0.05, 0.1) is 24.3 Å². The zero-order chi connectivity index (χ0) is 31.5. The molecule has 0 unspecified atom stereocenters. The summed E-state index contributed by atoms with van der Waals surface area (Å²) in [6.07, 6.45) is 7.34. The largest absolute Gasteiger partial charge is 0.381 e. The molecule has 0 aliphatic carbocycles. The second kappa shape index (κ2) is 13.8. The van der Waals surface area contributed by atoms with E-state index in [9.17, 15) is 4.79 Å². The van der Waals surface area contributed by atoms with Crippen LogP contribution in [0.3, 0.4) is 0 Å². The summed E-state index contributed by atoms with van der Waals surface area (Å²) in [5.74, 6) is 0. The number of pyridine rings is 2. The van der Waals surface area contributed by atoms with Crippen LogP contribution in [0.25, 0.3) is 33.3 Å². The average Bonchev–Trinajstić information content (AvgIpc) is 3.50. The molecule has 0 aromatic carbocycles. The molecular weight excluding hydrogens is 591 g/mol. The van der Waals surface area contributed by atoms with Crippen LogP contribution in [0.15, 0.2) is 41.6 Å². The molecule has 1 saturated heterocycles. The molecule has 5 heterocycles. The van der Waals surface area contributed by atoms with E-state index in [1.54, 1.807) is 16.2 Å². The van der Waals surface area contributed by atoms with Crippen molar-refractivity contribution in [3.05, 3.63) is 47.3 Å². The Balaban J connectivity index is 1.42. The summed E-state index contributed by atoms with van der Waals surface area (Å²) < 4.78 is 29.1. The molecule has 1 aliphatic rings. The number of methoxy groups -OCH3 is 1. The van der Waals surface area contributed by atoms with Crippen molar-refractivity contribution in [3.63, 3.8) is 0 Å². The lowest BCUT2D eigenvalue weighted by Crippen LogP contribution is -2.36. The summed E-state index contributed by atoms with van der Waals surface area (Å²) in [5, 5.41) is 1.03. The molecule has 0 bridgehead atoms. The first kappa shape index (κ1) is 32.8. The highest BCUT2D eigenvalue weighted by Gasteiger charge is 2.26. The highest BCUT2D eigenvalue weighted by atomic mass is 28.3. The van der Waals surface area contributed by atoms with E-state index in [0.29, 0.717) is 32.1 Å². The summed E-state index contributed by atoms with van der Waals surface area (Å²) >= 11 is 0. The highest BCUT2D eigenvalue weighted by molar-refractivity contribution is 6.76. The maximum Gasteiger partial charge on any atom is 0.332 e. The molecular formula is C32H49N5O5Si2. The maximum atomic E-state index is 13.8. The molecule has 1 fully saturated rings. The first-order chi connectivity index (χ1) is 20.9. The van der Waals surface area contributed by atoms with Gasteiger partial charge in [-0.3, -0.25) is 9.13 Å². The number of hydrogen-bond acceptors (Lipinski definition) is 7. The molecule has 10 nitrogen and oxygen atoms in total. The van der Waals surface area contributed by atoms with E-state index in [-0.39, 0.29) is 24.6 Å². The molecule has 2 atom stereocenters. The molecule has 0 amide bonds. The third-order valence-corrected chi connectivity index (χ3v) is 11.7. The summed E-state index contributed by atoms with van der Waals surface area (Å²) in [4.78, 5) is 23.4. The van der Waals surface area contributed by atoms with Gasteiger partial charge in [0.1, 0.15) is 19.1 Å². The molecule has 1 aliphatic heterocycles. The number of fused-ring (bicyclic) bond motifs is 2. The second-order valence-electron chi connectivity index (χ2n) is 14.4. The molecule has 240 valence electrons. The van der Waals surface area contributed by atoms with Gasteiger partial charge < -0.3 is 23.5 Å². The number of hydrogen-bond donors (Lipinski definition) is 0. The first-order valence-electron chi connectivity index (χ1n) is 15.8. The molecule has 0 N–H and O–H groups in total. The van der Waals surface area contributed by atoms with Crippen molar-refractivity contribution in [3.8, 4) is 11.1 Å². The van der Waals surface area contributed by atoms with Crippen molar-refractivity contribution in [1.29, 1.82) is 0 Å². The molecule has 0 saturated carbocycles. The number of rotatable bonds is 14. The minimum atomic E-state index is -1.25. The summed E-state index contributed by atoms with van der Waals surface area (Å²) in [7, 11) is -0.649. The van der Waals surface area contributed by atoms with Crippen LogP contribution >= 0.6 is 0 Å². The lowest BCUT2D eigenvalue weighted by Gasteiger charge is -2.28. The standard InChI is InChI=1S/C32H49N5O5Si2/c1-39-27-9-11-42-28(18-27)21-36-29-17-26(20-34-31(29)37(32(36)38)23-41-13-15-44(5,6)7)25-16-24-8-10-35(30(24)33-19-25)22-40-12-14-43(2,3)4/h8,10,16-17,19-20,27-28H,9,11-15,18,21-23H2,1-7H3/t27-,28+/m0/s1. The van der Waals surface area contributed by atoms with Crippen LogP contribution in [0.4, 0.5) is 0 Å². The average molecular weight is 640 g/mol. The molecule has 4 aromatic heterocycles. The monoisotopic (exact) mass is 639 g/mol. The molecule has 44 heavy (non-hydrogen) atoms. The lowest BCUT2D eigenvalue weighted by molar-refractivity contribution is -0.0639. The zero-order valence-corrected chi connectivity index (χ0v) is 29.5. The third-order valence-electron chi connectivity index (χ3n) is 8.27. The van der Waals surface area contributed by atoms with Crippen LogP contribution < -0.4 is 5.69 Å². The Morgan fingerprint density at radius 3 is 2.25 bits per heavy atom. The number of imidazole rings is 1. The Morgan fingerprint density at radius 2 is 1.57 bits per heavy atom. The fraction of sp³-hybridized carbons (Fsp3) is 0.594. The van der Waals surface area contributed by atoms with Gasteiger partial charge >= 0.3 is 5.69 Å². The van der Waals surface area contributed by atoms with Crippen LogP contribution in [0.5, 0.6) is 0 Å². The number of nitrogens with zero attached hydrogens (tertiary/aromatic N) is 5. The van der Waals surface area contributed by atoms with Gasteiger partial charge in [0.25, 0.3) is 0 Å². The second-order valence-corrected chi connectivity index (χ2v) is 25.6. The molecule has 4 aromatic rings. The van der Waals surface area contributed by atoms with E-state index in [1.165, 1.54) is 0 Å². The third kappa shape index (κ3) is 8.15. The molecule has 5 rings (SSSR count). The van der Waals surface area contributed by atoms with Crippen LogP contribution in [0, 0.1) is 0 Å². The van der Waals surface area contributed by atoms with Crippen molar-refractivity contribution in [2.75, 3.05) is 26.9 Å². The van der Waals surface area contributed by atoms with Gasteiger partial charge in [0, 0.05) is 84.6 Å². The first-order valence-corrected chi connectivity index (χ1v) is 23.2. The predicted molar refractivity (Wildman–Crippen MR) is 181 cm³/mol. The van der Waals surface area contributed by atoms with E-state index >= 15 is 0 Å². The van der Waals surface area contributed by atoms with E-state index in [0.717, 1.165) is 59.2 Å². The highest BCUT2D eigenvalue weighted by Crippen LogP contribution is 2.27. The molecule has 12 heteroatoms. The van der Waals surface area contributed by atoms with Gasteiger partial charge in [-0.25, -0.2) is 14.8 Å². The summed E-state index contributed by atoms with van der Waals surface area (Å²) in [6.45, 7) is 17.1. The van der Waals surface area contributed by atoms with E-state index < -0.39 is 16.1 Å².